The molecule has 0 N–H and O–H groups in total. The van der Waals surface area contributed by atoms with Gasteiger partial charge in [0.25, 0.3) is 0 Å². The van der Waals surface area contributed by atoms with Crippen molar-refractivity contribution in [2.45, 2.75) is 0 Å². The minimum Gasteiger partial charge on any atom is -0.308 e. The van der Waals surface area contributed by atoms with Crippen molar-refractivity contribution in [1.82, 2.24) is 4.57 Å². The molecule has 0 unspecified atom stereocenters. The first-order valence-electron chi connectivity index (χ1n) is 20.6. The molecule has 10 aromatic carbocycles. The van der Waals surface area contributed by atoms with Crippen LogP contribution in [0.3, 0.4) is 0 Å². The Hall–Kier alpha value is -7.94. The number of hydrogen-bond acceptors (Lipinski definition) is 1. The van der Waals surface area contributed by atoms with Crippen LogP contribution in [0, 0.1) is 0 Å². The number of benzene rings is 10. The summed E-state index contributed by atoms with van der Waals surface area (Å²) in [4.78, 5) is 2.44. The SMILES string of the molecule is c1ccc(-c2cc(-c3ccccc3)cc(N(c3ccc(-c4cccc(-c5ccc6ccccc6c5)c4)cc3)c3ccccc3-n3c4ccccc4c4ccccc43)c2)cc1. The fourth-order valence-electron chi connectivity index (χ4n) is 8.84. The third-order valence-corrected chi connectivity index (χ3v) is 11.7. The molecule has 0 aliphatic heterocycles. The Kier molecular flexibility index (Phi) is 8.87. The molecule has 0 saturated carbocycles. The second kappa shape index (κ2) is 15.1. The van der Waals surface area contributed by atoms with Crippen molar-refractivity contribution < 1.29 is 0 Å². The van der Waals surface area contributed by atoms with Crippen LogP contribution in [0.15, 0.2) is 243 Å². The molecule has 1 aromatic heterocycles. The lowest BCUT2D eigenvalue weighted by molar-refractivity contribution is 1.15. The Morgan fingerprint density at radius 2 is 0.733 bits per heavy atom. The van der Waals surface area contributed by atoms with Crippen molar-refractivity contribution in [3.63, 3.8) is 0 Å². The lowest BCUT2D eigenvalue weighted by Crippen LogP contribution is -2.13. The predicted octanol–water partition coefficient (Wildman–Crippen LogP) is 16.1. The number of para-hydroxylation sites is 4. The molecule has 282 valence electrons. The minimum absolute atomic E-state index is 1.07. The summed E-state index contributed by atoms with van der Waals surface area (Å²) >= 11 is 0. The maximum atomic E-state index is 2.44. The summed E-state index contributed by atoms with van der Waals surface area (Å²) in [5.41, 5.74) is 16.1. The van der Waals surface area contributed by atoms with E-state index >= 15 is 0 Å². The van der Waals surface area contributed by atoms with Crippen LogP contribution >= 0.6 is 0 Å². The van der Waals surface area contributed by atoms with Crippen LogP contribution in [0.5, 0.6) is 0 Å². The zero-order valence-corrected chi connectivity index (χ0v) is 33.0. The molecular weight excluding hydrogens is 725 g/mol. The summed E-state index contributed by atoms with van der Waals surface area (Å²) in [5.74, 6) is 0. The van der Waals surface area contributed by atoms with Gasteiger partial charge in [0.15, 0.2) is 0 Å². The number of nitrogens with zero attached hydrogens (tertiary/aromatic N) is 2. The predicted molar refractivity (Wildman–Crippen MR) is 255 cm³/mol. The zero-order valence-electron chi connectivity index (χ0n) is 33.0. The molecule has 0 radical (unpaired) electrons. The van der Waals surface area contributed by atoms with Gasteiger partial charge in [0.2, 0.25) is 0 Å². The van der Waals surface area contributed by atoms with Gasteiger partial charge < -0.3 is 9.47 Å². The van der Waals surface area contributed by atoms with Crippen LogP contribution in [0.25, 0.3) is 82.8 Å². The molecule has 11 rings (SSSR count). The molecule has 0 spiro atoms. The molecule has 2 heteroatoms. The molecule has 0 atom stereocenters. The van der Waals surface area contributed by atoms with Gasteiger partial charge in [0, 0.05) is 22.1 Å². The van der Waals surface area contributed by atoms with Crippen LogP contribution in [0.1, 0.15) is 0 Å². The summed E-state index contributed by atoms with van der Waals surface area (Å²) in [6, 6.07) is 88.0. The molecule has 0 amide bonds. The normalized spacial score (nSPS) is 11.3. The van der Waals surface area contributed by atoms with E-state index in [0.717, 1.165) is 33.9 Å². The van der Waals surface area contributed by atoms with E-state index < -0.39 is 0 Å². The van der Waals surface area contributed by atoms with E-state index in [4.69, 9.17) is 0 Å². The number of hydrogen-bond donors (Lipinski definition) is 0. The molecule has 2 nitrogen and oxygen atoms in total. The van der Waals surface area contributed by atoms with Crippen LogP contribution in [0.4, 0.5) is 17.1 Å². The van der Waals surface area contributed by atoms with E-state index in [2.05, 4.69) is 252 Å². The maximum Gasteiger partial charge on any atom is 0.0702 e. The Morgan fingerprint density at radius 3 is 1.40 bits per heavy atom. The molecule has 0 fully saturated rings. The van der Waals surface area contributed by atoms with E-state index in [1.807, 2.05) is 0 Å². The van der Waals surface area contributed by atoms with Crippen molar-refractivity contribution >= 4 is 49.6 Å². The van der Waals surface area contributed by atoms with Gasteiger partial charge in [-0.15, -0.1) is 0 Å². The fraction of sp³-hybridized carbons (Fsp3) is 0. The third-order valence-electron chi connectivity index (χ3n) is 11.7. The summed E-state index contributed by atoms with van der Waals surface area (Å²) in [7, 11) is 0. The van der Waals surface area contributed by atoms with Crippen molar-refractivity contribution in [2.75, 3.05) is 4.90 Å². The van der Waals surface area contributed by atoms with Crippen LogP contribution < -0.4 is 4.90 Å². The number of anilines is 3. The van der Waals surface area contributed by atoms with Crippen molar-refractivity contribution in [1.29, 1.82) is 0 Å². The van der Waals surface area contributed by atoms with Crippen LogP contribution in [-0.2, 0) is 0 Å². The highest BCUT2D eigenvalue weighted by Crippen LogP contribution is 2.44. The monoisotopic (exact) mass is 764 g/mol. The molecule has 0 aliphatic rings. The van der Waals surface area contributed by atoms with E-state index in [1.165, 1.54) is 66.0 Å². The highest BCUT2D eigenvalue weighted by molar-refractivity contribution is 6.10. The first kappa shape index (κ1) is 35.2. The first-order valence-corrected chi connectivity index (χ1v) is 20.6. The average Bonchev–Trinajstić information content (AvgIpc) is 3.66. The zero-order chi connectivity index (χ0) is 39.8. The van der Waals surface area contributed by atoms with E-state index in [9.17, 15) is 0 Å². The van der Waals surface area contributed by atoms with Gasteiger partial charge in [-0.25, -0.2) is 0 Å². The summed E-state index contributed by atoms with van der Waals surface area (Å²) in [6.07, 6.45) is 0. The second-order valence-corrected chi connectivity index (χ2v) is 15.4. The molecule has 1 heterocycles. The summed E-state index contributed by atoms with van der Waals surface area (Å²) < 4.78 is 2.43. The highest BCUT2D eigenvalue weighted by Gasteiger charge is 2.22. The molecule has 0 saturated heterocycles. The highest BCUT2D eigenvalue weighted by atomic mass is 15.2. The average molecular weight is 765 g/mol. The minimum atomic E-state index is 1.07. The van der Waals surface area contributed by atoms with E-state index in [0.29, 0.717) is 0 Å². The largest absolute Gasteiger partial charge is 0.308 e. The maximum absolute atomic E-state index is 2.44. The molecular formula is C58H40N2. The van der Waals surface area contributed by atoms with E-state index in [-0.39, 0.29) is 0 Å². The quantitative estimate of drug-likeness (QED) is 0.150. The fourth-order valence-corrected chi connectivity index (χ4v) is 8.84. The molecule has 11 aromatic rings. The topological polar surface area (TPSA) is 8.17 Å². The molecule has 0 bridgehead atoms. The molecule has 0 aliphatic carbocycles. The summed E-state index contributed by atoms with van der Waals surface area (Å²) in [6.45, 7) is 0. The van der Waals surface area contributed by atoms with Gasteiger partial charge in [-0.2, -0.15) is 0 Å². The number of fused-ring (bicyclic) bond motifs is 4. The van der Waals surface area contributed by atoms with Crippen molar-refractivity contribution in [2.24, 2.45) is 0 Å². The third kappa shape index (κ3) is 6.41. The van der Waals surface area contributed by atoms with Gasteiger partial charge in [0.1, 0.15) is 0 Å². The second-order valence-electron chi connectivity index (χ2n) is 15.4. The Labute approximate surface area is 350 Å². The van der Waals surface area contributed by atoms with Crippen molar-refractivity contribution in [3.05, 3.63) is 243 Å². The van der Waals surface area contributed by atoms with Gasteiger partial charge in [-0.3, -0.25) is 0 Å². The lowest BCUT2D eigenvalue weighted by atomic mass is 9.96. The summed E-state index contributed by atoms with van der Waals surface area (Å²) in [5, 5.41) is 4.98. The van der Waals surface area contributed by atoms with Crippen LogP contribution in [0.2, 0.25) is 0 Å². The Morgan fingerprint density at radius 1 is 0.267 bits per heavy atom. The first-order chi connectivity index (χ1) is 29.7. The van der Waals surface area contributed by atoms with Crippen molar-refractivity contribution in [3.8, 4) is 50.2 Å². The van der Waals surface area contributed by atoms with Gasteiger partial charge >= 0.3 is 0 Å². The van der Waals surface area contributed by atoms with Gasteiger partial charge in [0.05, 0.1) is 22.4 Å². The lowest BCUT2D eigenvalue weighted by Gasteiger charge is -2.29. The Balaban J connectivity index is 1.10. The molecule has 60 heavy (non-hydrogen) atoms. The van der Waals surface area contributed by atoms with E-state index in [1.54, 1.807) is 0 Å². The Bertz CT molecular complexity index is 3200. The number of rotatable bonds is 8. The van der Waals surface area contributed by atoms with Gasteiger partial charge in [-0.05, 0) is 122 Å². The standard InChI is InChI=1S/C58H40N2/c1-3-16-41(17-4-1)49-38-50(42-18-5-2-6-19-42)40-52(39-49)59(57-28-13-14-29-58(57)60-55-26-11-9-24-53(55)54-25-10-12-27-56(54)60)51-34-32-44(33-35-51)46-22-15-23-47(36-46)48-31-30-43-20-7-8-21-45(43)37-48/h1-40H. The van der Waals surface area contributed by atoms with Gasteiger partial charge in [-0.1, -0.05) is 176 Å². The van der Waals surface area contributed by atoms with Crippen LogP contribution in [-0.4, -0.2) is 4.57 Å². The smallest absolute Gasteiger partial charge is 0.0702 e. The number of aromatic nitrogens is 1.